The molecule has 0 aliphatic heterocycles. The molecule has 1 saturated carbocycles. The molecule has 0 aromatic heterocycles. The molecule has 3 unspecified atom stereocenters. The highest BCUT2D eigenvalue weighted by Crippen LogP contribution is 2.32. The van der Waals surface area contributed by atoms with Crippen LogP contribution in [0.1, 0.15) is 38.7 Å². The van der Waals surface area contributed by atoms with E-state index in [0.717, 1.165) is 31.4 Å². The van der Waals surface area contributed by atoms with Crippen molar-refractivity contribution in [2.24, 2.45) is 11.8 Å². The number of hydrogen-bond acceptors (Lipinski definition) is 2. The van der Waals surface area contributed by atoms with Gasteiger partial charge in [0, 0.05) is 6.04 Å². The number of nitriles is 1. The van der Waals surface area contributed by atoms with E-state index in [0.29, 0.717) is 11.8 Å². The normalized spacial score (nSPS) is 26.8. The molecule has 4 heteroatoms. The van der Waals surface area contributed by atoms with E-state index < -0.39 is 11.6 Å². The molecule has 0 bridgehead atoms. The Balaban J connectivity index is 2.18. The van der Waals surface area contributed by atoms with E-state index in [-0.39, 0.29) is 17.3 Å². The second kappa shape index (κ2) is 5.56. The maximum absolute atomic E-state index is 13.8. The summed E-state index contributed by atoms with van der Waals surface area (Å²) >= 11 is 0. The molecule has 0 amide bonds. The third-order valence-corrected chi connectivity index (χ3v) is 3.93. The van der Waals surface area contributed by atoms with Gasteiger partial charge in [0.1, 0.15) is 5.69 Å². The Kier molecular flexibility index (Phi) is 4.04. The number of nitrogens with one attached hydrogen (secondary N) is 1. The second-order valence-electron chi connectivity index (χ2n) is 5.57. The quantitative estimate of drug-likeness (QED) is 0.873. The van der Waals surface area contributed by atoms with Crippen LogP contribution in [0.4, 0.5) is 14.5 Å². The van der Waals surface area contributed by atoms with Crippen LogP contribution in [0.3, 0.4) is 0 Å². The van der Waals surface area contributed by atoms with Gasteiger partial charge < -0.3 is 5.32 Å². The third-order valence-electron chi connectivity index (χ3n) is 3.93. The van der Waals surface area contributed by atoms with E-state index in [4.69, 9.17) is 5.26 Å². The average Bonchev–Trinajstić information content (AvgIpc) is 2.35. The van der Waals surface area contributed by atoms with Gasteiger partial charge in [-0.2, -0.15) is 5.26 Å². The van der Waals surface area contributed by atoms with Crippen LogP contribution in [0.5, 0.6) is 0 Å². The highest BCUT2D eigenvalue weighted by molar-refractivity contribution is 5.51. The van der Waals surface area contributed by atoms with Crippen LogP contribution >= 0.6 is 0 Å². The van der Waals surface area contributed by atoms with Gasteiger partial charge in [0.2, 0.25) is 0 Å². The predicted octanol–water partition coefficient (Wildman–Crippen LogP) is 4.07. The topological polar surface area (TPSA) is 35.8 Å². The highest BCUT2D eigenvalue weighted by atomic mass is 19.1. The zero-order chi connectivity index (χ0) is 14.0. The molecule has 2 rings (SSSR count). The summed E-state index contributed by atoms with van der Waals surface area (Å²) in [7, 11) is 0. The summed E-state index contributed by atoms with van der Waals surface area (Å²) in [4.78, 5) is 0. The van der Waals surface area contributed by atoms with Gasteiger partial charge in [-0.1, -0.05) is 13.8 Å². The van der Waals surface area contributed by atoms with Gasteiger partial charge in [0.25, 0.3) is 0 Å². The lowest BCUT2D eigenvalue weighted by atomic mass is 9.80. The number of anilines is 1. The van der Waals surface area contributed by atoms with E-state index in [1.54, 1.807) is 6.07 Å². The van der Waals surface area contributed by atoms with Gasteiger partial charge in [0.05, 0.1) is 11.6 Å². The maximum atomic E-state index is 13.8. The van der Waals surface area contributed by atoms with Gasteiger partial charge in [-0.05, 0) is 43.2 Å². The van der Waals surface area contributed by atoms with Gasteiger partial charge in [-0.25, -0.2) is 8.78 Å². The number of rotatable bonds is 2. The van der Waals surface area contributed by atoms with Crippen LogP contribution in [0.15, 0.2) is 12.1 Å². The lowest BCUT2D eigenvalue weighted by Gasteiger charge is -2.34. The maximum Gasteiger partial charge on any atom is 0.150 e. The molecular formula is C15H18F2N2. The van der Waals surface area contributed by atoms with Gasteiger partial charge in [-0.3, -0.25) is 0 Å². The van der Waals surface area contributed by atoms with Crippen molar-refractivity contribution in [1.82, 2.24) is 0 Å². The molecule has 3 atom stereocenters. The number of benzene rings is 1. The Hall–Kier alpha value is -1.63. The molecule has 1 aromatic rings. The van der Waals surface area contributed by atoms with Crippen LogP contribution in [0.25, 0.3) is 0 Å². The Bertz CT molecular complexity index is 484. The minimum atomic E-state index is -0.692. The highest BCUT2D eigenvalue weighted by Gasteiger charge is 2.26. The summed E-state index contributed by atoms with van der Waals surface area (Å²) in [5.74, 6) is -0.327. The van der Waals surface area contributed by atoms with Crippen LogP contribution in [0, 0.1) is 34.8 Å². The Morgan fingerprint density at radius 1 is 1.21 bits per heavy atom. The molecule has 0 spiro atoms. The summed E-state index contributed by atoms with van der Waals surface area (Å²) in [6.07, 6.45) is 3.06. The van der Waals surface area contributed by atoms with Crippen LogP contribution < -0.4 is 5.32 Å². The van der Waals surface area contributed by atoms with Crippen molar-refractivity contribution in [3.8, 4) is 6.07 Å². The zero-order valence-corrected chi connectivity index (χ0v) is 11.2. The molecule has 0 radical (unpaired) electrons. The predicted molar refractivity (Wildman–Crippen MR) is 70.7 cm³/mol. The van der Waals surface area contributed by atoms with Gasteiger partial charge in [0.15, 0.2) is 11.6 Å². The fourth-order valence-electron chi connectivity index (χ4n) is 2.84. The molecular weight excluding hydrogens is 246 g/mol. The average molecular weight is 264 g/mol. The summed E-state index contributed by atoms with van der Waals surface area (Å²) in [5, 5.41) is 11.6. The summed E-state index contributed by atoms with van der Waals surface area (Å²) in [6.45, 7) is 4.31. The molecule has 19 heavy (non-hydrogen) atoms. The standard InChI is InChI=1S/C15H18F2N2/c1-9-3-4-14(10(2)5-9)19-15-12(16)6-11(8-18)7-13(15)17/h6-7,9-10,14,19H,3-5H2,1-2H3. The monoisotopic (exact) mass is 264 g/mol. The van der Waals surface area contributed by atoms with Crippen molar-refractivity contribution in [2.45, 2.75) is 39.2 Å². The van der Waals surface area contributed by atoms with Crippen molar-refractivity contribution < 1.29 is 8.78 Å². The smallest absolute Gasteiger partial charge is 0.150 e. The second-order valence-corrected chi connectivity index (χ2v) is 5.57. The van der Waals surface area contributed by atoms with Crippen molar-refractivity contribution in [3.05, 3.63) is 29.3 Å². The number of nitrogens with zero attached hydrogens (tertiary/aromatic N) is 1. The molecule has 1 aliphatic carbocycles. The molecule has 0 heterocycles. The molecule has 102 valence electrons. The molecule has 1 aromatic carbocycles. The lowest BCUT2D eigenvalue weighted by Crippen LogP contribution is -2.33. The van der Waals surface area contributed by atoms with E-state index in [2.05, 4.69) is 19.2 Å². The Labute approximate surface area is 112 Å². The van der Waals surface area contributed by atoms with Crippen LogP contribution in [-0.2, 0) is 0 Å². The van der Waals surface area contributed by atoms with Crippen LogP contribution in [0.2, 0.25) is 0 Å². The third kappa shape index (κ3) is 3.04. The minimum Gasteiger partial charge on any atom is -0.377 e. The van der Waals surface area contributed by atoms with Crippen molar-refractivity contribution >= 4 is 5.69 Å². The molecule has 1 fully saturated rings. The van der Waals surface area contributed by atoms with Crippen LogP contribution in [-0.4, -0.2) is 6.04 Å². The summed E-state index contributed by atoms with van der Waals surface area (Å²) in [6, 6.07) is 3.98. The Morgan fingerprint density at radius 3 is 2.37 bits per heavy atom. The van der Waals surface area contributed by atoms with Gasteiger partial charge >= 0.3 is 0 Å². The summed E-state index contributed by atoms with van der Waals surface area (Å²) < 4.78 is 27.6. The first kappa shape index (κ1) is 13.8. The van der Waals surface area contributed by atoms with E-state index in [9.17, 15) is 8.78 Å². The largest absolute Gasteiger partial charge is 0.377 e. The van der Waals surface area contributed by atoms with Gasteiger partial charge in [-0.15, -0.1) is 0 Å². The van der Waals surface area contributed by atoms with E-state index >= 15 is 0 Å². The fraction of sp³-hybridized carbons (Fsp3) is 0.533. The molecule has 1 aliphatic rings. The molecule has 0 saturated heterocycles. The minimum absolute atomic E-state index is 0.00543. The first-order valence-corrected chi connectivity index (χ1v) is 6.67. The van der Waals surface area contributed by atoms with Crippen molar-refractivity contribution in [3.63, 3.8) is 0 Å². The van der Waals surface area contributed by atoms with Crippen molar-refractivity contribution in [2.75, 3.05) is 5.32 Å². The number of hydrogen-bond donors (Lipinski definition) is 1. The zero-order valence-electron chi connectivity index (χ0n) is 11.2. The summed E-state index contributed by atoms with van der Waals surface area (Å²) in [5.41, 5.74) is -0.101. The molecule has 1 N–H and O–H groups in total. The molecule has 2 nitrogen and oxygen atoms in total. The first-order chi connectivity index (χ1) is 9.01. The van der Waals surface area contributed by atoms with E-state index in [1.165, 1.54) is 0 Å². The van der Waals surface area contributed by atoms with Crippen molar-refractivity contribution in [1.29, 1.82) is 5.26 Å². The number of halogens is 2. The lowest BCUT2D eigenvalue weighted by molar-refractivity contribution is 0.275. The SMILES string of the molecule is CC1CCC(Nc2c(F)cc(C#N)cc2F)C(C)C1. The van der Waals surface area contributed by atoms with E-state index in [1.807, 2.05) is 0 Å². The first-order valence-electron chi connectivity index (χ1n) is 6.67. The Morgan fingerprint density at radius 2 is 1.84 bits per heavy atom. The fourth-order valence-corrected chi connectivity index (χ4v) is 2.84.